The highest BCUT2D eigenvalue weighted by Gasteiger charge is 2.43. The summed E-state index contributed by atoms with van der Waals surface area (Å²) < 4.78 is 0. The number of terminal acetylenes is 1. The molecule has 1 atom stereocenters. The first-order valence-corrected chi connectivity index (χ1v) is 9.73. The monoisotopic (exact) mass is 338 g/mol. The van der Waals surface area contributed by atoms with Gasteiger partial charge in [-0.1, -0.05) is 85.7 Å². The molecule has 0 heterocycles. The lowest BCUT2D eigenvalue weighted by atomic mass is 9.64. The second-order valence-electron chi connectivity index (χ2n) is 7.76. The topological polar surface area (TPSA) is 0 Å². The van der Waals surface area contributed by atoms with Crippen LogP contribution < -0.4 is 0 Å². The highest BCUT2D eigenvalue weighted by Crippen LogP contribution is 2.58. The van der Waals surface area contributed by atoms with Crippen LogP contribution >= 0.6 is 0 Å². The number of hydrogen-bond donors (Lipinski definition) is 0. The summed E-state index contributed by atoms with van der Waals surface area (Å²) in [5, 5.41) is 0. The fourth-order valence-electron chi connectivity index (χ4n) is 4.92. The van der Waals surface area contributed by atoms with Crippen LogP contribution in [-0.4, -0.2) is 0 Å². The smallest absolute Gasteiger partial charge is 0.0193 e. The van der Waals surface area contributed by atoms with Crippen LogP contribution in [0.5, 0.6) is 0 Å². The molecule has 0 fully saturated rings. The molecular weight excluding hydrogens is 312 g/mol. The summed E-state index contributed by atoms with van der Waals surface area (Å²) in [5.74, 6) is 3.22. The lowest BCUT2D eigenvalue weighted by Crippen LogP contribution is -2.27. The molecule has 0 heteroatoms. The van der Waals surface area contributed by atoms with E-state index in [0.717, 1.165) is 19.3 Å². The van der Waals surface area contributed by atoms with Crippen molar-refractivity contribution in [3.8, 4) is 23.5 Å². The molecule has 0 radical (unpaired) electrons. The van der Waals surface area contributed by atoms with Crippen molar-refractivity contribution in [3.05, 3.63) is 83.5 Å². The van der Waals surface area contributed by atoms with Gasteiger partial charge in [-0.2, -0.15) is 0 Å². The van der Waals surface area contributed by atoms with Crippen molar-refractivity contribution in [2.24, 2.45) is 5.41 Å². The molecule has 4 rings (SSSR count). The van der Waals surface area contributed by atoms with E-state index in [-0.39, 0.29) is 5.41 Å². The van der Waals surface area contributed by atoms with E-state index in [1.807, 2.05) is 0 Å². The van der Waals surface area contributed by atoms with Gasteiger partial charge in [-0.3, -0.25) is 0 Å². The molecule has 0 aliphatic heterocycles. The molecule has 2 aromatic rings. The van der Waals surface area contributed by atoms with Crippen molar-refractivity contribution < 1.29 is 0 Å². The summed E-state index contributed by atoms with van der Waals surface area (Å²) in [6.07, 6.45) is 17.8. The molecule has 1 unspecified atom stereocenters. The predicted octanol–water partition coefficient (Wildman–Crippen LogP) is 6.89. The third-order valence-electron chi connectivity index (χ3n) is 6.24. The Morgan fingerprint density at radius 2 is 1.65 bits per heavy atom. The van der Waals surface area contributed by atoms with Crippen LogP contribution in [-0.2, 0) is 0 Å². The minimum atomic E-state index is 0.126. The summed E-state index contributed by atoms with van der Waals surface area (Å²) in [6.45, 7) is 2.48. The largest absolute Gasteiger partial charge is 0.120 e. The van der Waals surface area contributed by atoms with Crippen molar-refractivity contribution in [2.45, 2.75) is 44.9 Å². The summed E-state index contributed by atoms with van der Waals surface area (Å²) in [4.78, 5) is 0. The Bertz CT molecular complexity index is 860. The van der Waals surface area contributed by atoms with Gasteiger partial charge in [0.2, 0.25) is 0 Å². The van der Waals surface area contributed by atoms with Crippen molar-refractivity contribution >= 4 is 0 Å². The number of unbranched alkanes of at least 4 members (excludes halogenated alkanes) is 2. The van der Waals surface area contributed by atoms with Crippen LogP contribution in [0.2, 0.25) is 0 Å². The molecule has 2 aliphatic rings. The number of benzene rings is 2. The van der Waals surface area contributed by atoms with Crippen molar-refractivity contribution in [1.82, 2.24) is 0 Å². The van der Waals surface area contributed by atoms with Gasteiger partial charge in [0.25, 0.3) is 0 Å². The average Bonchev–Trinajstić information content (AvgIpc) is 3.32. The third-order valence-corrected chi connectivity index (χ3v) is 6.24. The van der Waals surface area contributed by atoms with Crippen LogP contribution in [0.3, 0.4) is 0 Å². The molecule has 0 amide bonds. The Morgan fingerprint density at radius 3 is 2.23 bits per heavy atom. The molecule has 0 saturated heterocycles. The Labute approximate surface area is 157 Å². The maximum atomic E-state index is 5.48. The van der Waals surface area contributed by atoms with Gasteiger partial charge in [0.15, 0.2) is 0 Å². The Balaban J connectivity index is 1.79. The second-order valence-corrected chi connectivity index (χ2v) is 7.76. The fourth-order valence-corrected chi connectivity index (χ4v) is 4.92. The average molecular weight is 338 g/mol. The van der Waals surface area contributed by atoms with Crippen LogP contribution in [0, 0.1) is 17.8 Å². The van der Waals surface area contributed by atoms with Gasteiger partial charge in [-0.15, -0.1) is 12.3 Å². The Kier molecular flexibility index (Phi) is 4.56. The summed E-state index contributed by atoms with van der Waals surface area (Å²) >= 11 is 0. The lowest BCUT2D eigenvalue weighted by molar-refractivity contribution is 0.307. The summed E-state index contributed by atoms with van der Waals surface area (Å²) in [5.41, 5.74) is 7.49. The first-order chi connectivity index (χ1) is 12.8. The quantitative estimate of drug-likeness (QED) is 0.397. The lowest BCUT2D eigenvalue weighted by Gasteiger charge is -2.39. The van der Waals surface area contributed by atoms with Crippen LogP contribution in [0.25, 0.3) is 11.1 Å². The van der Waals surface area contributed by atoms with Crippen LogP contribution in [0.1, 0.15) is 56.1 Å². The SMILES string of the molecule is C#CCCCCC(C)(C1=CC=CC1)C1c2ccccc2-c2ccccc21. The highest BCUT2D eigenvalue weighted by molar-refractivity contribution is 5.79. The molecule has 2 aliphatic carbocycles. The Hall–Kier alpha value is -2.52. The maximum absolute atomic E-state index is 5.48. The van der Waals surface area contributed by atoms with Gasteiger partial charge in [0, 0.05) is 12.3 Å². The third kappa shape index (κ3) is 2.73. The van der Waals surface area contributed by atoms with E-state index >= 15 is 0 Å². The molecule has 0 aromatic heterocycles. The molecule has 0 bridgehead atoms. The molecule has 0 spiro atoms. The summed E-state index contributed by atoms with van der Waals surface area (Å²) in [7, 11) is 0. The zero-order valence-corrected chi connectivity index (χ0v) is 15.5. The molecule has 0 nitrogen and oxygen atoms in total. The van der Waals surface area contributed by atoms with E-state index in [9.17, 15) is 0 Å². The molecule has 26 heavy (non-hydrogen) atoms. The van der Waals surface area contributed by atoms with E-state index in [4.69, 9.17) is 6.42 Å². The van der Waals surface area contributed by atoms with E-state index in [1.54, 1.807) is 5.57 Å². The van der Waals surface area contributed by atoms with Gasteiger partial charge in [-0.05, 0) is 46.9 Å². The predicted molar refractivity (Wildman–Crippen MR) is 111 cm³/mol. The first-order valence-electron chi connectivity index (χ1n) is 9.73. The van der Waals surface area contributed by atoms with E-state index in [0.29, 0.717) is 5.92 Å². The second kappa shape index (κ2) is 7.00. The fraction of sp³-hybridized carbons (Fsp3) is 0.308. The molecule has 0 N–H and O–H groups in total. The van der Waals surface area contributed by atoms with E-state index in [1.165, 1.54) is 35.1 Å². The zero-order chi connectivity index (χ0) is 18.0. The van der Waals surface area contributed by atoms with Gasteiger partial charge in [-0.25, -0.2) is 0 Å². The standard InChI is InChI=1S/C26H26/c1-3-4-5-12-19-26(2,20-13-6-7-14-20)25-23-17-10-8-15-21(23)22-16-9-11-18-24(22)25/h1,6-11,13,15-18,25H,4-5,12,14,19H2,2H3. The molecular formula is C26H26. The first kappa shape index (κ1) is 16.9. The minimum Gasteiger partial charge on any atom is -0.120 e. The minimum absolute atomic E-state index is 0.126. The van der Waals surface area contributed by atoms with E-state index in [2.05, 4.69) is 79.6 Å². The Morgan fingerprint density at radius 1 is 1.00 bits per heavy atom. The normalized spacial score (nSPS) is 17.3. The zero-order valence-electron chi connectivity index (χ0n) is 15.5. The van der Waals surface area contributed by atoms with Gasteiger partial charge < -0.3 is 0 Å². The van der Waals surface area contributed by atoms with Crippen molar-refractivity contribution in [1.29, 1.82) is 0 Å². The van der Waals surface area contributed by atoms with Crippen LogP contribution in [0.15, 0.2) is 72.3 Å². The number of hydrogen-bond acceptors (Lipinski definition) is 0. The molecule has 130 valence electrons. The maximum Gasteiger partial charge on any atom is 0.0193 e. The van der Waals surface area contributed by atoms with Gasteiger partial charge in [0.1, 0.15) is 0 Å². The van der Waals surface area contributed by atoms with Crippen LogP contribution in [0.4, 0.5) is 0 Å². The highest BCUT2D eigenvalue weighted by atomic mass is 14.5. The van der Waals surface area contributed by atoms with Gasteiger partial charge in [0.05, 0.1) is 0 Å². The van der Waals surface area contributed by atoms with Crippen molar-refractivity contribution in [3.63, 3.8) is 0 Å². The number of fused-ring (bicyclic) bond motifs is 3. The van der Waals surface area contributed by atoms with Gasteiger partial charge >= 0.3 is 0 Å². The van der Waals surface area contributed by atoms with Crippen molar-refractivity contribution in [2.75, 3.05) is 0 Å². The number of allylic oxidation sites excluding steroid dienone is 4. The van der Waals surface area contributed by atoms with E-state index < -0.39 is 0 Å². The molecule has 2 aromatic carbocycles. The number of rotatable bonds is 6. The molecule has 0 saturated carbocycles. The summed E-state index contributed by atoms with van der Waals surface area (Å²) in [6, 6.07) is 18.0.